The lowest BCUT2D eigenvalue weighted by Crippen LogP contribution is -2.38. The summed E-state index contributed by atoms with van der Waals surface area (Å²) in [7, 11) is 0. The lowest BCUT2D eigenvalue weighted by atomic mass is 9.86. The number of halogens is 1. The molecule has 1 aliphatic rings. The lowest BCUT2D eigenvalue weighted by molar-refractivity contribution is 0.0919. The van der Waals surface area contributed by atoms with E-state index in [1.54, 1.807) is 12.3 Å². The molecule has 6 heteroatoms. The van der Waals surface area contributed by atoms with Crippen molar-refractivity contribution in [3.8, 4) is 0 Å². The molecule has 1 fully saturated rings. The van der Waals surface area contributed by atoms with Crippen LogP contribution in [0.1, 0.15) is 53.0 Å². The number of aryl methyl sites for hydroxylation is 2. The third-order valence-corrected chi connectivity index (χ3v) is 5.47. The van der Waals surface area contributed by atoms with E-state index in [1.165, 1.54) is 11.3 Å². The van der Waals surface area contributed by atoms with E-state index < -0.39 is 0 Å². The van der Waals surface area contributed by atoms with Crippen LogP contribution >= 0.6 is 11.6 Å². The Hall–Kier alpha value is -1.88. The third kappa shape index (κ3) is 4.21. The summed E-state index contributed by atoms with van der Waals surface area (Å²) < 4.78 is 2.11. The number of carbonyl (C=O) groups is 1. The van der Waals surface area contributed by atoms with Crippen LogP contribution in [0.3, 0.4) is 0 Å². The molecule has 2 aromatic rings. The molecule has 5 nitrogen and oxygen atoms in total. The van der Waals surface area contributed by atoms with E-state index in [1.807, 2.05) is 13.1 Å². The zero-order valence-corrected chi connectivity index (χ0v) is 15.8. The molecule has 0 spiro atoms. The maximum Gasteiger partial charge on any atom is 0.253 e. The van der Waals surface area contributed by atoms with E-state index in [0.29, 0.717) is 22.2 Å². The van der Waals surface area contributed by atoms with Crippen LogP contribution in [-0.2, 0) is 6.54 Å². The van der Waals surface area contributed by atoms with E-state index in [4.69, 9.17) is 11.6 Å². The Labute approximate surface area is 153 Å². The topological polar surface area (TPSA) is 59.8 Å². The van der Waals surface area contributed by atoms with Crippen molar-refractivity contribution in [1.29, 1.82) is 0 Å². The molecule has 3 rings (SSSR count). The van der Waals surface area contributed by atoms with Crippen LogP contribution < -0.4 is 5.32 Å². The van der Waals surface area contributed by atoms with Gasteiger partial charge in [-0.1, -0.05) is 11.6 Å². The second-order valence-corrected chi connectivity index (χ2v) is 7.51. The number of rotatable bonds is 4. The molecule has 2 aromatic heterocycles. The summed E-state index contributed by atoms with van der Waals surface area (Å²) in [5.74, 6) is 0.551. The Balaban J connectivity index is 1.53. The summed E-state index contributed by atoms with van der Waals surface area (Å²) in [6.07, 6.45) is 7.72. The first-order valence-corrected chi connectivity index (χ1v) is 9.24. The molecular weight excluding hydrogens is 336 g/mol. The number of hydrogen-bond acceptors (Lipinski definition) is 3. The first kappa shape index (κ1) is 17.9. The van der Waals surface area contributed by atoms with E-state index in [0.717, 1.165) is 32.2 Å². The van der Waals surface area contributed by atoms with Crippen molar-refractivity contribution >= 4 is 17.5 Å². The smallest absolute Gasteiger partial charge is 0.253 e. The molecule has 0 unspecified atom stereocenters. The van der Waals surface area contributed by atoms with Crippen molar-refractivity contribution < 1.29 is 4.79 Å². The van der Waals surface area contributed by atoms with Gasteiger partial charge in [-0.3, -0.25) is 14.5 Å². The quantitative estimate of drug-likeness (QED) is 0.900. The molecule has 134 valence electrons. The average molecular weight is 361 g/mol. The Morgan fingerprint density at radius 3 is 2.60 bits per heavy atom. The number of pyridine rings is 1. The first-order chi connectivity index (χ1) is 11.9. The van der Waals surface area contributed by atoms with Gasteiger partial charge in [-0.05, 0) is 64.0 Å². The number of nitrogens with one attached hydrogen (secondary N) is 1. The zero-order chi connectivity index (χ0) is 18.0. The monoisotopic (exact) mass is 360 g/mol. The summed E-state index contributed by atoms with van der Waals surface area (Å²) in [5, 5.41) is 8.10. The highest BCUT2D eigenvalue weighted by Crippen LogP contribution is 2.26. The highest BCUT2D eigenvalue weighted by Gasteiger charge is 2.24. The molecule has 1 saturated carbocycles. The zero-order valence-electron chi connectivity index (χ0n) is 15.1. The number of hydrogen-bond donors (Lipinski definition) is 1. The van der Waals surface area contributed by atoms with E-state index in [9.17, 15) is 4.79 Å². The van der Waals surface area contributed by atoms with Gasteiger partial charge in [0.1, 0.15) is 0 Å². The normalized spacial score (nSPS) is 20.5. The second-order valence-electron chi connectivity index (χ2n) is 7.07. The molecule has 1 amide bonds. The molecule has 2 heterocycles. The number of amides is 1. The standard InChI is InChI=1S/C19H25ClN4O/c1-12-9-22-24(14(12)3)11-15-4-6-17(7-5-15)23-19(25)18-8-16(20)10-21-13(18)2/h8-10,15,17H,4-7,11H2,1-3H3,(H,23,25). The van der Waals surface area contributed by atoms with Crippen LogP contribution in [0.5, 0.6) is 0 Å². The van der Waals surface area contributed by atoms with Gasteiger partial charge in [0.05, 0.1) is 22.5 Å². The minimum atomic E-state index is -0.0745. The van der Waals surface area contributed by atoms with Gasteiger partial charge in [-0.25, -0.2) is 0 Å². The molecule has 0 bridgehead atoms. The van der Waals surface area contributed by atoms with E-state index in [-0.39, 0.29) is 11.9 Å². The molecule has 0 saturated heterocycles. The summed E-state index contributed by atoms with van der Waals surface area (Å²) in [5.41, 5.74) is 3.77. The number of carbonyl (C=O) groups excluding carboxylic acids is 1. The minimum absolute atomic E-state index is 0.0745. The van der Waals surface area contributed by atoms with Crippen molar-refractivity contribution in [2.45, 2.75) is 59.0 Å². The van der Waals surface area contributed by atoms with Crippen LogP contribution in [0.2, 0.25) is 5.02 Å². The first-order valence-electron chi connectivity index (χ1n) is 8.86. The highest BCUT2D eigenvalue weighted by molar-refractivity contribution is 6.30. The van der Waals surface area contributed by atoms with Crippen LogP contribution in [0, 0.1) is 26.7 Å². The average Bonchev–Trinajstić information content (AvgIpc) is 2.91. The van der Waals surface area contributed by atoms with Crippen LogP contribution in [0.15, 0.2) is 18.5 Å². The molecule has 0 atom stereocenters. The Bertz CT molecular complexity index is 763. The van der Waals surface area contributed by atoms with Crippen molar-refractivity contribution in [2.75, 3.05) is 0 Å². The fourth-order valence-electron chi connectivity index (χ4n) is 3.46. The molecule has 0 radical (unpaired) electrons. The van der Waals surface area contributed by atoms with Gasteiger partial charge >= 0.3 is 0 Å². The summed E-state index contributed by atoms with van der Waals surface area (Å²) in [4.78, 5) is 16.6. The minimum Gasteiger partial charge on any atom is -0.349 e. The maximum atomic E-state index is 12.5. The van der Waals surface area contributed by atoms with Gasteiger partial charge in [0.2, 0.25) is 0 Å². The maximum absolute atomic E-state index is 12.5. The lowest BCUT2D eigenvalue weighted by Gasteiger charge is -2.29. The molecule has 1 N–H and O–H groups in total. The van der Waals surface area contributed by atoms with Crippen LogP contribution in [-0.4, -0.2) is 26.7 Å². The molecule has 0 aliphatic heterocycles. The number of aromatic nitrogens is 3. The fourth-order valence-corrected chi connectivity index (χ4v) is 3.62. The van der Waals surface area contributed by atoms with Crippen molar-refractivity contribution in [2.24, 2.45) is 5.92 Å². The van der Waals surface area contributed by atoms with Gasteiger partial charge in [-0.2, -0.15) is 5.10 Å². The highest BCUT2D eigenvalue weighted by atomic mass is 35.5. The summed E-state index contributed by atoms with van der Waals surface area (Å²) >= 11 is 5.96. The number of nitrogens with zero attached hydrogens (tertiary/aromatic N) is 3. The summed E-state index contributed by atoms with van der Waals surface area (Å²) in [6, 6.07) is 1.91. The third-order valence-electron chi connectivity index (χ3n) is 5.26. The SMILES string of the molecule is Cc1cnn(CC2CCC(NC(=O)c3cc(Cl)cnc3C)CC2)c1C. The van der Waals surface area contributed by atoms with Gasteiger partial charge in [-0.15, -0.1) is 0 Å². The molecule has 0 aromatic carbocycles. The predicted octanol–water partition coefficient (Wildman–Crippen LogP) is 3.85. The fraction of sp³-hybridized carbons (Fsp3) is 0.526. The van der Waals surface area contributed by atoms with Gasteiger partial charge < -0.3 is 5.32 Å². The molecular formula is C19H25ClN4O. The van der Waals surface area contributed by atoms with Crippen LogP contribution in [0.25, 0.3) is 0 Å². The van der Waals surface area contributed by atoms with Gasteiger partial charge in [0.15, 0.2) is 0 Å². The Morgan fingerprint density at radius 1 is 1.24 bits per heavy atom. The van der Waals surface area contributed by atoms with E-state index >= 15 is 0 Å². The molecule has 1 aliphatic carbocycles. The van der Waals surface area contributed by atoms with Crippen LogP contribution in [0.4, 0.5) is 0 Å². The van der Waals surface area contributed by atoms with E-state index in [2.05, 4.69) is 33.9 Å². The van der Waals surface area contributed by atoms with Crippen molar-refractivity contribution in [3.63, 3.8) is 0 Å². The van der Waals surface area contributed by atoms with Crippen molar-refractivity contribution in [1.82, 2.24) is 20.1 Å². The second kappa shape index (κ2) is 7.56. The Kier molecular flexibility index (Phi) is 5.42. The molecule has 25 heavy (non-hydrogen) atoms. The Morgan fingerprint density at radius 2 is 1.96 bits per heavy atom. The van der Waals surface area contributed by atoms with Gasteiger partial charge in [0, 0.05) is 24.5 Å². The van der Waals surface area contributed by atoms with Crippen molar-refractivity contribution in [3.05, 3.63) is 46.0 Å². The largest absolute Gasteiger partial charge is 0.349 e. The predicted molar refractivity (Wildman–Crippen MR) is 98.9 cm³/mol. The summed E-state index contributed by atoms with van der Waals surface area (Å²) in [6.45, 7) is 7.02. The van der Waals surface area contributed by atoms with Gasteiger partial charge in [0.25, 0.3) is 5.91 Å².